The summed E-state index contributed by atoms with van der Waals surface area (Å²) in [5, 5.41) is 11.0. The van der Waals surface area contributed by atoms with Crippen LogP contribution in [0.15, 0.2) is 0 Å². The second kappa shape index (κ2) is 2.62. The maximum absolute atomic E-state index is 12.3. The van der Waals surface area contributed by atoms with E-state index in [0.717, 1.165) is 0 Å². The zero-order valence-electron chi connectivity index (χ0n) is 5.05. The molecule has 0 saturated carbocycles. The first-order valence-electron chi connectivity index (χ1n) is 2.50. The monoisotopic (exact) mass is 160 g/mol. The fourth-order valence-corrected chi connectivity index (χ4v) is 0.543. The predicted molar refractivity (Wildman–Crippen MR) is 27.0 cm³/mol. The average Bonchev–Trinajstić information content (AvgIpc) is 2.30. The molecule has 0 spiro atoms. The highest BCUT2D eigenvalue weighted by Crippen LogP contribution is 2.13. The summed E-state index contributed by atoms with van der Waals surface area (Å²) in [4.78, 5) is 0. The molecular weight excluding hydrogens is 159 g/mol. The van der Waals surface area contributed by atoms with E-state index < -0.39 is 18.1 Å². The van der Waals surface area contributed by atoms with Crippen LogP contribution in [0.5, 0.6) is 0 Å². The van der Waals surface area contributed by atoms with Gasteiger partial charge in [0.15, 0.2) is 17.7 Å². The zero-order valence-corrected chi connectivity index (χ0v) is 5.05. The highest BCUT2D eigenvalue weighted by atomic mass is 19.3. The third-order valence-corrected chi connectivity index (χ3v) is 0.984. The van der Waals surface area contributed by atoms with Gasteiger partial charge in [0.25, 0.3) is 0 Å². The number of aromatic nitrogens is 2. The molecule has 3 nitrogen and oxygen atoms in total. The summed E-state index contributed by atoms with van der Waals surface area (Å²) in [7, 11) is 0. The number of alkyl halides is 2. The maximum atomic E-state index is 12.3. The number of rotatable bonds is 1. The van der Waals surface area contributed by atoms with E-state index in [9.17, 15) is 13.2 Å². The first-order chi connectivity index (χ1) is 5.16. The van der Waals surface area contributed by atoms with Gasteiger partial charge in [0, 0.05) is 0 Å². The summed E-state index contributed by atoms with van der Waals surface area (Å²) in [6.07, 6.45) is 1.61. The molecule has 0 aliphatic heterocycles. The summed E-state index contributed by atoms with van der Waals surface area (Å²) in [6.45, 7) is -3.01. The first kappa shape index (κ1) is 7.60. The Kier molecular flexibility index (Phi) is 1.81. The molecule has 0 aromatic carbocycles. The summed E-state index contributed by atoms with van der Waals surface area (Å²) in [6, 6.07) is 1.24. The smallest absolute Gasteiger partial charge is 0.201 e. The molecule has 0 atom stereocenters. The summed E-state index contributed by atoms with van der Waals surface area (Å²) in [5.41, 5.74) is -0.806. The maximum Gasteiger partial charge on any atom is 0.334 e. The van der Waals surface area contributed by atoms with Crippen molar-refractivity contribution in [3.8, 4) is 6.07 Å². The van der Waals surface area contributed by atoms with Gasteiger partial charge < -0.3 is 0 Å². The number of hydrogen-bond donors (Lipinski definition) is 0. The van der Waals surface area contributed by atoms with E-state index in [4.69, 9.17) is 5.26 Å². The fourth-order valence-electron chi connectivity index (χ4n) is 0.543. The van der Waals surface area contributed by atoms with E-state index in [1.165, 1.54) is 6.07 Å². The number of nitriles is 1. The molecule has 0 fully saturated rings. The van der Waals surface area contributed by atoms with Crippen LogP contribution in [0, 0.1) is 23.3 Å². The Morgan fingerprint density at radius 2 is 2.27 bits per heavy atom. The first-order valence-corrected chi connectivity index (χ1v) is 2.50. The van der Waals surface area contributed by atoms with E-state index >= 15 is 0 Å². The van der Waals surface area contributed by atoms with Crippen molar-refractivity contribution in [1.82, 2.24) is 9.78 Å². The van der Waals surface area contributed by atoms with Crippen LogP contribution in [0.1, 0.15) is 12.2 Å². The minimum absolute atomic E-state index is 0.0324. The second-order valence-electron chi connectivity index (χ2n) is 1.61. The van der Waals surface area contributed by atoms with E-state index in [-0.39, 0.29) is 4.68 Å². The topological polar surface area (TPSA) is 41.6 Å². The molecule has 0 amide bonds. The molecule has 1 radical (unpaired) electrons. The molecule has 0 aliphatic carbocycles. The van der Waals surface area contributed by atoms with Crippen molar-refractivity contribution in [2.75, 3.05) is 0 Å². The standard InChI is InChI=1S/C5HF3N3/c6-3-2-10-11(5(7)8)4(3)1-9/h5H. The van der Waals surface area contributed by atoms with Gasteiger partial charge in [-0.25, -0.2) is 4.39 Å². The van der Waals surface area contributed by atoms with Gasteiger partial charge in [-0.2, -0.15) is 23.8 Å². The van der Waals surface area contributed by atoms with E-state index in [1.807, 2.05) is 0 Å². The van der Waals surface area contributed by atoms with Crippen molar-refractivity contribution in [1.29, 1.82) is 5.26 Å². The van der Waals surface area contributed by atoms with Crippen LogP contribution in [0.3, 0.4) is 0 Å². The molecule has 0 unspecified atom stereocenters. The molecule has 1 rings (SSSR count). The average molecular weight is 160 g/mol. The molecule has 57 valence electrons. The Hall–Kier alpha value is -1.51. The Morgan fingerprint density at radius 3 is 2.64 bits per heavy atom. The van der Waals surface area contributed by atoms with Crippen molar-refractivity contribution in [2.45, 2.75) is 6.55 Å². The summed E-state index contributed by atoms with van der Waals surface area (Å²) >= 11 is 0. The van der Waals surface area contributed by atoms with Crippen LogP contribution < -0.4 is 0 Å². The van der Waals surface area contributed by atoms with E-state index in [1.54, 1.807) is 6.20 Å². The third kappa shape index (κ3) is 1.17. The SMILES string of the molecule is N#Cc1c(F)[c]nn1C(F)F. The van der Waals surface area contributed by atoms with Crippen LogP contribution >= 0.6 is 0 Å². The minimum Gasteiger partial charge on any atom is -0.201 e. The van der Waals surface area contributed by atoms with E-state index in [2.05, 4.69) is 5.10 Å². The summed E-state index contributed by atoms with van der Waals surface area (Å²) in [5.74, 6) is -1.16. The second-order valence-corrected chi connectivity index (χ2v) is 1.61. The Bertz CT molecular complexity index is 298. The van der Waals surface area contributed by atoms with Crippen molar-refractivity contribution in [3.05, 3.63) is 17.7 Å². The molecule has 0 bridgehead atoms. The van der Waals surface area contributed by atoms with Crippen molar-refractivity contribution < 1.29 is 13.2 Å². The molecule has 11 heavy (non-hydrogen) atoms. The van der Waals surface area contributed by atoms with E-state index in [0.29, 0.717) is 0 Å². The van der Waals surface area contributed by atoms with Gasteiger partial charge in [0.05, 0.1) is 0 Å². The van der Waals surface area contributed by atoms with Gasteiger partial charge in [0.2, 0.25) is 0 Å². The van der Waals surface area contributed by atoms with Gasteiger partial charge >= 0.3 is 6.55 Å². The highest BCUT2D eigenvalue weighted by molar-refractivity contribution is 5.20. The lowest BCUT2D eigenvalue weighted by Gasteiger charge is -1.97. The quantitative estimate of drug-likeness (QED) is 0.616. The predicted octanol–water partition coefficient (Wildman–Crippen LogP) is 1.09. The largest absolute Gasteiger partial charge is 0.334 e. The van der Waals surface area contributed by atoms with Gasteiger partial charge in [0.1, 0.15) is 6.07 Å². The molecule has 0 N–H and O–H groups in total. The molecule has 0 saturated heterocycles. The lowest BCUT2D eigenvalue weighted by Crippen LogP contribution is -2.03. The number of nitrogens with zero attached hydrogens (tertiary/aromatic N) is 3. The van der Waals surface area contributed by atoms with Crippen LogP contribution in [-0.2, 0) is 0 Å². The van der Waals surface area contributed by atoms with Crippen LogP contribution in [0.2, 0.25) is 0 Å². The Balaban J connectivity index is 3.19. The molecular formula is C5HF3N3. The molecule has 1 heterocycles. The minimum atomic E-state index is -3.01. The van der Waals surface area contributed by atoms with Crippen molar-refractivity contribution in [2.24, 2.45) is 0 Å². The van der Waals surface area contributed by atoms with Crippen LogP contribution in [-0.4, -0.2) is 9.78 Å². The lowest BCUT2D eigenvalue weighted by atomic mass is 10.4. The van der Waals surface area contributed by atoms with Crippen LogP contribution in [0.25, 0.3) is 0 Å². The highest BCUT2D eigenvalue weighted by Gasteiger charge is 2.16. The van der Waals surface area contributed by atoms with Crippen molar-refractivity contribution in [3.63, 3.8) is 0 Å². The lowest BCUT2D eigenvalue weighted by molar-refractivity contribution is 0.0552. The normalized spacial score (nSPS) is 10.1. The van der Waals surface area contributed by atoms with Gasteiger partial charge in [-0.3, -0.25) is 0 Å². The number of halogens is 3. The molecule has 0 aliphatic rings. The van der Waals surface area contributed by atoms with Gasteiger partial charge in [-0.05, 0) is 0 Å². The Labute approximate surface area is 59.7 Å². The fraction of sp³-hybridized carbons (Fsp3) is 0.200. The summed E-state index contributed by atoms with van der Waals surface area (Å²) < 4.78 is 35.8. The molecule has 6 heteroatoms. The van der Waals surface area contributed by atoms with Crippen molar-refractivity contribution >= 4 is 0 Å². The van der Waals surface area contributed by atoms with Gasteiger partial charge in [-0.1, -0.05) is 0 Å². The zero-order chi connectivity index (χ0) is 8.43. The third-order valence-electron chi connectivity index (χ3n) is 0.984. The van der Waals surface area contributed by atoms with Gasteiger partial charge in [-0.15, -0.1) is 0 Å². The van der Waals surface area contributed by atoms with Crippen LogP contribution in [0.4, 0.5) is 13.2 Å². The number of hydrogen-bond acceptors (Lipinski definition) is 2. The molecule has 1 aromatic rings. The molecule has 1 aromatic heterocycles. The Morgan fingerprint density at radius 1 is 1.64 bits per heavy atom.